The topological polar surface area (TPSA) is 52.6 Å². The van der Waals surface area contributed by atoms with E-state index in [1.165, 1.54) is 32.1 Å². The van der Waals surface area contributed by atoms with Crippen molar-refractivity contribution in [3.05, 3.63) is 0 Å². The zero-order valence-corrected chi connectivity index (χ0v) is 18.0. The van der Waals surface area contributed by atoms with E-state index < -0.39 is 0 Å². The molecular weight excluding hydrogens is 340 g/mol. The van der Waals surface area contributed by atoms with Crippen LogP contribution in [0.1, 0.15) is 111 Å². The molecule has 1 aliphatic carbocycles. The number of unbranched alkanes of at least 4 members (excludes halogenated alkanes) is 6. The number of carbonyl (C=O) groups is 2. The number of rotatable bonds is 14. The number of esters is 2. The molecule has 1 aliphatic rings. The van der Waals surface area contributed by atoms with Crippen LogP contribution in [0.2, 0.25) is 0 Å². The lowest BCUT2D eigenvalue weighted by molar-refractivity contribution is -0.166. The van der Waals surface area contributed by atoms with Crippen molar-refractivity contribution in [3.63, 3.8) is 0 Å². The molecule has 4 nitrogen and oxygen atoms in total. The van der Waals surface area contributed by atoms with Gasteiger partial charge in [-0.1, -0.05) is 72.1 Å². The average molecular weight is 383 g/mol. The summed E-state index contributed by atoms with van der Waals surface area (Å²) in [5, 5.41) is 0. The summed E-state index contributed by atoms with van der Waals surface area (Å²) >= 11 is 0. The molecule has 0 N–H and O–H groups in total. The van der Waals surface area contributed by atoms with Gasteiger partial charge in [-0.3, -0.25) is 9.59 Å². The van der Waals surface area contributed by atoms with E-state index in [2.05, 4.69) is 20.8 Å². The average Bonchev–Trinajstić information content (AvgIpc) is 2.69. The van der Waals surface area contributed by atoms with E-state index in [0.29, 0.717) is 6.61 Å². The number of hydrogen-bond donors (Lipinski definition) is 0. The fraction of sp³-hybridized carbons (Fsp3) is 0.913. The molecule has 0 amide bonds. The Labute approximate surface area is 166 Å². The fourth-order valence-electron chi connectivity index (χ4n) is 3.90. The van der Waals surface area contributed by atoms with Crippen molar-refractivity contribution in [1.82, 2.24) is 0 Å². The maximum Gasteiger partial charge on any atom is 0.310 e. The summed E-state index contributed by atoms with van der Waals surface area (Å²) in [6, 6.07) is 0. The first kappa shape index (κ1) is 24.0. The highest BCUT2D eigenvalue weighted by Gasteiger charge is 2.38. The molecule has 0 aromatic heterocycles. The first-order valence-corrected chi connectivity index (χ1v) is 11.5. The van der Waals surface area contributed by atoms with Crippen LogP contribution in [-0.2, 0) is 19.1 Å². The van der Waals surface area contributed by atoms with Gasteiger partial charge in [0.05, 0.1) is 18.4 Å². The molecule has 1 rings (SSSR count). The van der Waals surface area contributed by atoms with Crippen LogP contribution < -0.4 is 0 Å². The van der Waals surface area contributed by atoms with Crippen molar-refractivity contribution in [2.75, 3.05) is 6.61 Å². The standard InChI is InChI=1S/C23H42O4/c1-4-7-9-10-14-18-26-22(24)20-16-12-13-17-21(20)23(25)27-19(6-3)15-11-8-5-2/h19-21H,4-18H2,1-3H3. The Bertz CT molecular complexity index is 407. The normalized spacial score (nSPS) is 20.9. The minimum absolute atomic E-state index is 0.0128. The summed E-state index contributed by atoms with van der Waals surface area (Å²) in [7, 11) is 0. The van der Waals surface area contributed by atoms with Gasteiger partial charge in [-0.2, -0.15) is 0 Å². The Balaban J connectivity index is 2.45. The Hall–Kier alpha value is -1.06. The number of hydrogen-bond acceptors (Lipinski definition) is 4. The van der Waals surface area contributed by atoms with Gasteiger partial charge in [0.2, 0.25) is 0 Å². The van der Waals surface area contributed by atoms with Crippen LogP contribution in [0, 0.1) is 11.8 Å². The van der Waals surface area contributed by atoms with Crippen LogP contribution in [0.3, 0.4) is 0 Å². The second kappa shape index (κ2) is 14.9. The molecule has 0 aromatic carbocycles. The highest BCUT2D eigenvalue weighted by Crippen LogP contribution is 2.32. The molecule has 0 heterocycles. The molecule has 27 heavy (non-hydrogen) atoms. The van der Waals surface area contributed by atoms with Gasteiger partial charge in [0.1, 0.15) is 6.10 Å². The SMILES string of the molecule is CCCCCCCOC(=O)C1CCCCC1C(=O)OC(CC)CCCCC. The van der Waals surface area contributed by atoms with Crippen LogP contribution in [0.5, 0.6) is 0 Å². The summed E-state index contributed by atoms with van der Waals surface area (Å²) in [6.07, 6.45) is 14.3. The maximum absolute atomic E-state index is 12.7. The minimum atomic E-state index is -0.313. The van der Waals surface area contributed by atoms with Crippen LogP contribution >= 0.6 is 0 Å². The zero-order chi connectivity index (χ0) is 19.9. The summed E-state index contributed by atoms with van der Waals surface area (Å²) < 4.78 is 11.3. The molecule has 3 atom stereocenters. The van der Waals surface area contributed by atoms with Gasteiger partial charge in [0.25, 0.3) is 0 Å². The summed E-state index contributed by atoms with van der Waals surface area (Å²) in [5.41, 5.74) is 0. The Morgan fingerprint density at radius 3 is 2.04 bits per heavy atom. The molecule has 3 unspecified atom stereocenters. The third-order valence-electron chi connectivity index (χ3n) is 5.73. The first-order chi connectivity index (χ1) is 13.1. The van der Waals surface area contributed by atoms with Crippen LogP contribution in [-0.4, -0.2) is 24.6 Å². The molecule has 158 valence electrons. The van der Waals surface area contributed by atoms with Crippen LogP contribution in [0.4, 0.5) is 0 Å². The fourth-order valence-corrected chi connectivity index (χ4v) is 3.90. The molecule has 4 heteroatoms. The van der Waals surface area contributed by atoms with Crippen molar-refractivity contribution in [2.45, 2.75) is 117 Å². The molecule has 0 bridgehead atoms. The number of carbonyl (C=O) groups excluding carboxylic acids is 2. The lowest BCUT2D eigenvalue weighted by Crippen LogP contribution is -2.36. The van der Waals surface area contributed by atoms with Gasteiger partial charge in [0.15, 0.2) is 0 Å². The minimum Gasteiger partial charge on any atom is -0.465 e. The molecule has 0 aromatic rings. The Morgan fingerprint density at radius 1 is 0.815 bits per heavy atom. The highest BCUT2D eigenvalue weighted by atomic mass is 16.5. The maximum atomic E-state index is 12.7. The monoisotopic (exact) mass is 382 g/mol. The van der Waals surface area contributed by atoms with Crippen molar-refractivity contribution in [2.24, 2.45) is 11.8 Å². The first-order valence-electron chi connectivity index (χ1n) is 11.5. The third kappa shape index (κ3) is 9.62. The second-order valence-corrected chi connectivity index (χ2v) is 8.04. The quantitative estimate of drug-likeness (QED) is 0.265. The van der Waals surface area contributed by atoms with Gasteiger partial charge >= 0.3 is 11.9 Å². The van der Waals surface area contributed by atoms with Gasteiger partial charge < -0.3 is 9.47 Å². The zero-order valence-electron chi connectivity index (χ0n) is 18.0. The molecule has 0 spiro atoms. The van der Waals surface area contributed by atoms with E-state index in [-0.39, 0.29) is 29.9 Å². The van der Waals surface area contributed by atoms with Crippen molar-refractivity contribution < 1.29 is 19.1 Å². The molecule has 1 fully saturated rings. The molecular formula is C23H42O4. The van der Waals surface area contributed by atoms with Crippen molar-refractivity contribution >= 4 is 11.9 Å². The summed E-state index contributed by atoms with van der Waals surface area (Å²) in [5.74, 6) is -0.990. The van der Waals surface area contributed by atoms with E-state index in [0.717, 1.165) is 57.8 Å². The largest absolute Gasteiger partial charge is 0.465 e. The van der Waals surface area contributed by atoms with E-state index in [4.69, 9.17) is 9.47 Å². The summed E-state index contributed by atoms with van der Waals surface area (Å²) in [4.78, 5) is 25.3. The van der Waals surface area contributed by atoms with Crippen LogP contribution in [0.25, 0.3) is 0 Å². The van der Waals surface area contributed by atoms with Gasteiger partial charge in [-0.15, -0.1) is 0 Å². The predicted octanol–water partition coefficient (Wildman–Crippen LogP) is 6.21. The van der Waals surface area contributed by atoms with Crippen LogP contribution in [0.15, 0.2) is 0 Å². The predicted molar refractivity (Wildman–Crippen MR) is 109 cm³/mol. The van der Waals surface area contributed by atoms with Gasteiger partial charge in [-0.25, -0.2) is 0 Å². The smallest absolute Gasteiger partial charge is 0.310 e. The van der Waals surface area contributed by atoms with Gasteiger partial charge in [0, 0.05) is 0 Å². The second-order valence-electron chi connectivity index (χ2n) is 8.04. The van der Waals surface area contributed by atoms with E-state index in [1.54, 1.807) is 0 Å². The Kier molecular flexibility index (Phi) is 13.3. The van der Waals surface area contributed by atoms with E-state index in [1.807, 2.05) is 0 Å². The van der Waals surface area contributed by atoms with E-state index >= 15 is 0 Å². The molecule has 0 radical (unpaired) electrons. The molecule has 0 aliphatic heterocycles. The third-order valence-corrected chi connectivity index (χ3v) is 5.73. The highest BCUT2D eigenvalue weighted by molar-refractivity contribution is 5.82. The van der Waals surface area contributed by atoms with E-state index in [9.17, 15) is 9.59 Å². The van der Waals surface area contributed by atoms with Gasteiger partial charge in [-0.05, 0) is 38.5 Å². The molecule has 1 saturated carbocycles. The van der Waals surface area contributed by atoms with Crippen molar-refractivity contribution in [3.8, 4) is 0 Å². The summed E-state index contributed by atoms with van der Waals surface area (Å²) in [6.45, 7) is 6.91. The molecule has 0 saturated heterocycles. The Morgan fingerprint density at radius 2 is 1.41 bits per heavy atom. The van der Waals surface area contributed by atoms with Crippen molar-refractivity contribution in [1.29, 1.82) is 0 Å². The lowest BCUT2D eigenvalue weighted by Gasteiger charge is -2.29. The number of ether oxygens (including phenoxy) is 2. The lowest BCUT2D eigenvalue weighted by atomic mass is 9.79.